The topological polar surface area (TPSA) is 81.1 Å². The minimum atomic E-state index is -4.70. The quantitative estimate of drug-likeness (QED) is 0.714. The molecular formula is C17H15F6N3O3S. The highest BCUT2D eigenvalue weighted by Crippen LogP contribution is 2.39. The number of aryl methyl sites for hydroxylation is 1. The van der Waals surface area contributed by atoms with Crippen molar-refractivity contribution in [1.82, 2.24) is 9.78 Å². The molecule has 0 bridgehead atoms. The van der Waals surface area contributed by atoms with Crippen molar-refractivity contribution in [2.75, 3.05) is 5.32 Å². The van der Waals surface area contributed by atoms with Gasteiger partial charge >= 0.3 is 12.4 Å². The Morgan fingerprint density at radius 3 is 2.27 bits per heavy atom. The van der Waals surface area contributed by atoms with Gasteiger partial charge in [-0.25, -0.2) is 8.42 Å². The summed E-state index contributed by atoms with van der Waals surface area (Å²) in [6.07, 6.45) is -9.71. The Morgan fingerprint density at radius 2 is 1.73 bits per heavy atom. The molecule has 13 heteroatoms. The van der Waals surface area contributed by atoms with Gasteiger partial charge in [0.2, 0.25) is 5.91 Å². The number of hydrogen-bond donors (Lipinski definition) is 1. The average molecular weight is 455 g/mol. The van der Waals surface area contributed by atoms with Gasteiger partial charge < -0.3 is 5.32 Å². The Kier molecular flexibility index (Phi) is 5.37. The van der Waals surface area contributed by atoms with Gasteiger partial charge in [-0.05, 0) is 31.0 Å². The summed E-state index contributed by atoms with van der Waals surface area (Å²) in [6.45, 7) is 0. The molecule has 0 aliphatic heterocycles. The minimum absolute atomic E-state index is 0.158. The van der Waals surface area contributed by atoms with Gasteiger partial charge in [0, 0.05) is 19.0 Å². The zero-order valence-corrected chi connectivity index (χ0v) is 16.1. The molecule has 1 aromatic heterocycles. The standard InChI is InChI=1S/C17H15F6N3O3S/c1-26-14(8-13(25-26)17(21,22)23)24-15(27)9-5-12(6-9)30(28,29)11-4-2-3-10(7-11)16(18,19)20/h2-4,7-9,12H,5-6H2,1H3,(H,24,27)/t9-,12-. The molecule has 1 heterocycles. The highest BCUT2D eigenvalue weighted by molar-refractivity contribution is 7.92. The van der Waals surface area contributed by atoms with Gasteiger partial charge in [-0.15, -0.1) is 0 Å². The zero-order chi connectivity index (χ0) is 22.5. The van der Waals surface area contributed by atoms with Gasteiger partial charge in [0.15, 0.2) is 15.5 Å². The van der Waals surface area contributed by atoms with Gasteiger partial charge in [-0.1, -0.05) is 6.07 Å². The number of anilines is 1. The van der Waals surface area contributed by atoms with Gasteiger partial charge in [0.1, 0.15) is 5.82 Å². The highest BCUT2D eigenvalue weighted by atomic mass is 32.2. The molecule has 30 heavy (non-hydrogen) atoms. The monoisotopic (exact) mass is 455 g/mol. The second-order valence-electron chi connectivity index (χ2n) is 6.89. The van der Waals surface area contributed by atoms with E-state index >= 15 is 0 Å². The largest absolute Gasteiger partial charge is 0.435 e. The number of halogens is 6. The van der Waals surface area contributed by atoms with Crippen molar-refractivity contribution in [2.45, 2.75) is 35.3 Å². The molecule has 0 atom stereocenters. The summed E-state index contributed by atoms with van der Waals surface area (Å²) >= 11 is 0. The van der Waals surface area contributed by atoms with Crippen molar-refractivity contribution >= 4 is 21.6 Å². The number of alkyl halides is 6. The van der Waals surface area contributed by atoms with Crippen LogP contribution in [-0.2, 0) is 34.0 Å². The third kappa shape index (κ3) is 4.30. The third-order valence-corrected chi connectivity index (χ3v) is 6.99. The number of rotatable bonds is 4. The summed E-state index contributed by atoms with van der Waals surface area (Å²) in [5.41, 5.74) is -2.30. The van der Waals surface area contributed by atoms with Crippen molar-refractivity contribution in [3.8, 4) is 0 Å². The van der Waals surface area contributed by atoms with E-state index in [0.717, 1.165) is 22.9 Å². The number of nitrogens with zero attached hydrogens (tertiary/aromatic N) is 2. The number of carbonyl (C=O) groups excluding carboxylic acids is 1. The Labute approximate surface area is 166 Å². The Bertz CT molecular complexity index is 1070. The Morgan fingerprint density at radius 1 is 1.10 bits per heavy atom. The lowest BCUT2D eigenvalue weighted by Crippen LogP contribution is -2.42. The van der Waals surface area contributed by atoms with Crippen LogP contribution >= 0.6 is 0 Å². The predicted molar refractivity (Wildman–Crippen MR) is 92.0 cm³/mol. The molecule has 1 amide bonds. The number of amides is 1. The Balaban J connectivity index is 1.67. The first-order valence-corrected chi connectivity index (χ1v) is 10.1. The van der Waals surface area contributed by atoms with E-state index in [1.165, 1.54) is 7.05 Å². The first kappa shape index (κ1) is 22.1. The third-order valence-electron chi connectivity index (χ3n) is 4.82. The van der Waals surface area contributed by atoms with Crippen LogP contribution in [-0.4, -0.2) is 29.4 Å². The molecule has 3 rings (SSSR count). The molecule has 164 valence electrons. The number of nitrogens with one attached hydrogen (secondary N) is 1. The van der Waals surface area contributed by atoms with E-state index in [-0.39, 0.29) is 18.7 Å². The SMILES string of the molecule is Cn1nc(C(F)(F)F)cc1NC(=O)[C@H]1C[C@H](S(=O)(=O)c2cccc(C(F)(F)F)c2)C1. The van der Waals surface area contributed by atoms with E-state index in [2.05, 4.69) is 10.4 Å². The molecular weight excluding hydrogens is 440 g/mol. The van der Waals surface area contributed by atoms with Crippen LogP contribution in [0.3, 0.4) is 0 Å². The maximum atomic E-state index is 12.8. The fraction of sp³-hybridized carbons (Fsp3) is 0.412. The molecule has 1 saturated carbocycles. The van der Waals surface area contributed by atoms with Crippen LogP contribution in [0.2, 0.25) is 0 Å². The van der Waals surface area contributed by atoms with Crippen molar-refractivity contribution in [2.24, 2.45) is 13.0 Å². The molecule has 0 unspecified atom stereocenters. The van der Waals surface area contributed by atoms with Crippen molar-refractivity contribution in [3.63, 3.8) is 0 Å². The van der Waals surface area contributed by atoms with E-state index in [4.69, 9.17) is 0 Å². The summed E-state index contributed by atoms with van der Waals surface area (Å²) in [5.74, 6) is -1.71. The second kappa shape index (κ2) is 7.29. The fourth-order valence-corrected chi connectivity index (χ4v) is 4.94. The van der Waals surface area contributed by atoms with Gasteiger partial charge in [0.05, 0.1) is 15.7 Å². The van der Waals surface area contributed by atoms with E-state index < -0.39 is 55.4 Å². The molecule has 1 N–H and O–H groups in total. The summed E-state index contributed by atoms with van der Waals surface area (Å²) in [7, 11) is -2.89. The second-order valence-corrected chi connectivity index (χ2v) is 9.11. The Hall–Kier alpha value is -2.57. The summed E-state index contributed by atoms with van der Waals surface area (Å²) in [5, 5.41) is 4.45. The summed E-state index contributed by atoms with van der Waals surface area (Å²) in [6, 6.07) is 3.97. The zero-order valence-electron chi connectivity index (χ0n) is 15.3. The van der Waals surface area contributed by atoms with Crippen LogP contribution in [0.1, 0.15) is 24.1 Å². The van der Waals surface area contributed by atoms with E-state index in [1.54, 1.807) is 0 Å². The molecule has 2 aromatic rings. The van der Waals surface area contributed by atoms with Crippen LogP contribution < -0.4 is 5.32 Å². The lowest BCUT2D eigenvalue weighted by Gasteiger charge is -2.33. The van der Waals surface area contributed by atoms with E-state index in [1.807, 2.05) is 0 Å². The molecule has 1 aliphatic rings. The maximum Gasteiger partial charge on any atom is 0.435 e. The lowest BCUT2D eigenvalue weighted by atomic mass is 9.84. The molecule has 1 aliphatic carbocycles. The normalized spacial score (nSPS) is 20.0. The number of aromatic nitrogens is 2. The van der Waals surface area contributed by atoms with Crippen molar-refractivity contribution in [1.29, 1.82) is 0 Å². The van der Waals surface area contributed by atoms with Gasteiger partial charge in [-0.3, -0.25) is 9.48 Å². The summed E-state index contributed by atoms with van der Waals surface area (Å²) < 4.78 is 102. The fourth-order valence-electron chi connectivity index (χ4n) is 3.03. The van der Waals surface area contributed by atoms with Crippen LogP contribution in [0.4, 0.5) is 32.2 Å². The molecule has 6 nitrogen and oxygen atoms in total. The highest BCUT2D eigenvalue weighted by Gasteiger charge is 2.44. The van der Waals surface area contributed by atoms with Crippen molar-refractivity contribution < 1.29 is 39.6 Å². The van der Waals surface area contributed by atoms with Crippen LogP contribution in [0.25, 0.3) is 0 Å². The lowest BCUT2D eigenvalue weighted by molar-refractivity contribution is -0.141. The van der Waals surface area contributed by atoms with Crippen LogP contribution in [0.15, 0.2) is 35.2 Å². The van der Waals surface area contributed by atoms with Gasteiger partial charge in [-0.2, -0.15) is 31.4 Å². The first-order valence-electron chi connectivity index (χ1n) is 8.53. The van der Waals surface area contributed by atoms with Crippen LogP contribution in [0, 0.1) is 5.92 Å². The van der Waals surface area contributed by atoms with E-state index in [9.17, 15) is 39.6 Å². The predicted octanol–water partition coefficient (Wildman–Crippen LogP) is 3.65. The van der Waals surface area contributed by atoms with E-state index in [0.29, 0.717) is 12.1 Å². The number of sulfone groups is 1. The molecule has 0 saturated heterocycles. The first-order chi connectivity index (χ1) is 13.7. The smallest absolute Gasteiger partial charge is 0.311 e. The summed E-state index contributed by atoms with van der Waals surface area (Å²) in [4.78, 5) is 11.7. The average Bonchev–Trinajstić information content (AvgIpc) is 2.93. The molecule has 1 fully saturated rings. The van der Waals surface area contributed by atoms with Crippen LogP contribution in [0.5, 0.6) is 0 Å². The molecule has 0 spiro atoms. The minimum Gasteiger partial charge on any atom is -0.311 e. The molecule has 0 radical (unpaired) electrons. The molecule has 1 aromatic carbocycles. The van der Waals surface area contributed by atoms with Gasteiger partial charge in [0.25, 0.3) is 0 Å². The number of benzene rings is 1. The number of carbonyl (C=O) groups is 1. The maximum absolute atomic E-state index is 12.8. The van der Waals surface area contributed by atoms with Crippen molar-refractivity contribution in [3.05, 3.63) is 41.6 Å². The number of hydrogen-bond acceptors (Lipinski definition) is 4.